The maximum absolute atomic E-state index is 4.17. The first-order chi connectivity index (χ1) is 4.38. The molecule has 10 heavy (non-hydrogen) atoms. The zero-order chi connectivity index (χ0) is 6.69. The summed E-state index contributed by atoms with van der Waals surface area (Å²) in [6.07, 6.45) is 4.89. The van der Waals surface area contributed by atoms with Gasteiger partial charge in [-0.15, -0.1) is 0 Å². The number of aromatic nitrogens is 2. The third-order valence-electron chi connectivity index (χ3n) is 1.46. The first-order valence-electron chi connectivity index (χ1n) is 3.38. The van der Waals surface area contributed by atoms with Gasteiger partial charge in [-0.2, -0.15) is 0 Å². The average Bonchev–Trinajstić information content (AvgIpc) is 2.33. The molecular formula is C7H15BN2. The standard InChI is InChI=1S/C7H12N2.BH3/c1-3-7-8-5-6-9(7)4-2;/h5-6H,3-4H2,1-2H3;1H3. The van der Waals surface area contributed by atoms with Crippen LogP contribution in [-0.2, 0) is 13.0 Å². The van der Waals surface area contributed by atoms with Crippen molar-refractivity contribution >= 4 is 8.41 Å². The minimum atomic E-state index is 0. The highest BCUT2D eigenvalue weighted by Gasteiger charge is 1.94. The Hall–Kier alpha value is -0.725. The van der Waals surface area contributed by atoms with Crippen LogP contribution < -0.4 is 0 Å². The fourth-order valence-corrected chi connectivity index (χ4v) is 0.942. The molecular weight excluding hydrogens is 123 g/mol. The molecule has 0 saturated carbocycles. The largest absolute Gasteiger partial charge is 0.335 e. The van der Waals surface area contributed by atoms with Crippen molar-refractivity contribution in [2.24, 2.45) is 0 Å². The molecule has 0 aliphatic carbocycles. The van der Waals surface area contributed by atoms with Gasteiger partial charge < -0.3 is 4.57 Å². The second-order valence-corrected chi connectivity index (χ2v) is 1.98. The minimum absolute atomic E-state index is 0. The van der Waals surface area contributed by atoms with Gasteiger partial charge >= 0.3 is 0 Å². The summed E-state index contributed by atoms with van der Waals surface area (Å²) in [6.45, 7) is 5.28. The summed E-state index contributed by atoms with van der Waals surface area (Å²) in [7, 11) is 0. The van der Waals surface area contributed by atoms with Crippen molar-refractivity contribution < 1.29 is 0 Å². The summed E-state index contributed by atoms with van der Waals surface area (Å²) < 4.78 is 2.15. The molecule has 0 N–H and O–H groups in total. The molecule has 1 aromatic heterocycles. The van der Waals surface area contributed by atoms with Crippen molar-refractivity contribution in [2.45, 2.75) is 26.8 Å². The molecule has 1 rings (SSSR count). The molecule has 0 unspecified atom stereocenters. The summed E-state index contributed by atoms with van der Waals surface area (Å²) in [5, 5.41) is 0. The lowest BCUT2D eigenvalue weighted by Gasteiger charge is -1.98. The highest BCUT2D eigenvalue weighted by molar-refractivity contribution is 5.75. The molecule has 0 aliphatic heterocycles. The normalized spacial score (nSPS) is 9.00. The van der Waals surface area contributed by atoms with Crippen LogP contribution in [0.1, 0.15) is 19.7 Å². The zero-order valence-electron chi connectivity index (χ0n) is 5.96. The molecule has 0 radical (unpaired) electrons. The lowest BCUT2D eigenvalue weighted by Crippen LogP contribution is -1.98. The Balaban J connectivity index is 0.000000810. The van der Waals surface area contributed by atoms with Gasteiger partial charge in [-0.1, -0.05) is 6.92 Å². The molecule has 0 bridgehead atoms. The highest BCUT2D eigenvalue weighted by Crippen LogP contribution is 1.96. The van der Waals surface area contributed by atoms with Crippen molar-refractivity contribution in [2.75, 3.05) is 0 Å². The van der Waals surface area contributed by atoms with Crippen molar-refractivity contribution in [1.82, 2.24) is 9.55 Å². The van der Waals surface area contributed by atoms with Crippen LogP contribution in [0.4, 0.5) is 0 Å². The quantitative estimate of drug-likeness (QED) is 0.536. The van der Waals surface area contributed by atoms with Gasteiger partial charge in [-0.3, -0.25) is 0 Å². The van der Waals surface area contributed by atoms with Gasteiger partial charge in [0.15, 0.2) is 0 Å². The van der Waals surface area contributed by atoms with Crippen LogP contribution in [0.5, 0.6) is 0 Å². The van der Waals surface area contributed by atoms with E-state index in [9.17, 15) is 0 Å². The van der Waals surface area contributed by atoms with E-state index in [-0.39, 0.29) is 8.41 Å². The Morgan fingerprint density at radius 2 is 2.20 bits per heavy atom. The zero-order valence-corrected chi connectivity index (χ0v) is 5.96. The van der Waals surface area contributed by atoms with Crippen LogP contribution in [0.3, 0.4) is 0 Å². The molecule has 56 valence electrons. The maximum Gasteiger partial charge on any atom is 0.108 e. The third-order valence-corrected chi connectivity index (χ3v) is 1.46. The second-order valence-electron chi connectivity index (χ2n) is 1.98. The van der Waals surface area contributed by atoms with Gasteiger partial charge in [0.2, 0.25) is 0 Å². The number of aryl methyl sites for hydroxylation is 2. The fraction of sp³-hybridized carbons (Fsp3) is 0.571. The minimum Gasteiger partial charge on any atom is -0.335 e. The molecule has 0 aliphatic rings. The molecule has 1 heterocycles. The Labute approximate surface area is 63.9 Å². The van der Waals surface area contributed by atoms with Crippen LogP contribution >= 0.6 is 0 Å². The van der Waals surface area contributed by atoms with E-state index in [4.69, 9.17) is 0 Å². The van der Waals surface area contributed by atoms with Gasteiger partial charge in [0.05, 0.1) is 8.41 Å². The summed E-state index contributed by atoms with van der Waals surface area (Å²) in [5.41, 5.74) is 0. The van der Waals surface area contributed by atoms with E-state index >= 15 is 0 Å². The van der Waals surface area contributed by atoms with Crippen molar-refractivity contribution in [3.8, 4) is 0 Å². The molecule has 1 aromatic rings. The lowest BCUT2D eigenvalue weighted by molar-refractivity contribution is 0.705. The summed E-state index contributed by atoms with van der Waals surface area (Å²) >= 11 is 0. The molecule has 0 spiro atoms. The summed E-state index contributed by atoms with van der Waals surface area (Å²) in [5.74, 6) is 1.18. The van der Waals surface area contributed by atoms with Gasteiger partial charge in [0.25, 0.3) is 0 Å². The van der Waals surface area contributed by atoms with Crippen LogP contribution in [-0.4, -0.2) is 18.0 Å². The molecule has 0 atom stereocenters. The van der Waals surface area contributed by atoms with E-state index in [1.54, 1.807) is 0 Å². The van der Waals surface area contributed by atoms with Crippen LogP contribution in [0.2, 0.25) is 0 Å². The van der Waals surface area contributed by atoms with Crippen molar-refractivity contribution in [3.05, 3.63) is 18.2 Å². The number of hydrogen-bond donors (Lipinski definition) is 0. The van der Waals surface area contributed by atoms with E-state index in [2.05, 4.69) is 23.4 Å². The number of imidazole rings is 1. The summed E-state index contributed by atoms with van der Waals surface area (Å²) in [4.78, 5) is 4.17. The second kappa shape index (κ2) is 4.15. The third kappa shape index (κ3) is 1.63. The Kier molecular flexibility index (Phi) is 3.85. The molecule has 0 fully saturated rings. The maximum atomic E-state index is 4.17. The average molecular weight is 138 g/mol. The monoisotopic (exact) mass is 138 g/mol. The smallest absolute Gasteiger partial charge is 0.108 e. The Morgan fingerprint density at radius 1 is 1.50 bits per heavy atom. The van der Waals surface area contributed by atoms with E-state index in [1.807, 2.05) is 12.4 Å². The van der Waals surface area contributed by atoms with E-state index in [0.717, 1.165) is 13.0 Å². The summed E-state index contributed by atoms with van der Waals surface area (Å²) in [6, 6.07) is 0. The van der Waals surface area contributed by atoms with Gasteiger partial charge in [-0.05, 0) is 6.92 Å². The molecule has 0 saturated heterocycles. The van der Waals surface area contributed by atoms with Gasteiger partial charge in [0, 0.05) is 25.4 Å². The van der Waals surface area contributed by atoms with E-state index < -0.39 is 0 Å². The van der Waals surface area contributed by atoms with Gasteiger partial charge in [-0.25, -0.2) is 4.98 Å². The van der Waals surface area contributed by atoms with Crippen molar-refractivity contribution in [3.63, 3.8) is 0 Å². The number of nitrogens with zero attached hydrogens (tertiary/aromatic N) is 2. The molecule has 3 heteroatoms. The van der Waals surface area contributed by atoms with Crippen LogP contribution in [0.15, 0.2) is 12.4 Å². The van der Waals surface area contributed by atoms with Crippen LogP contribution in [0, 0.1) is 0 Å². The van der Waals surface area contributed by atoms with E-state index in [0.29, 0.717) is 0 Å². The van der Waals surface area contributed by atoms with E-state index in [1.165, 1.54) is 5.82 Å². The molecule has 0 aromatic carbocycles. The predicted molar refractivity (Wildman–Crippen MR) is 47.2 cm³/mol. The first kappa shape index (κ1) is 9.27. The lowest BCUT2D eigenvalue weighted by atomic mass is 10.4. The number of rotatable bonds is 2. The predicted octanol–water partition coefficient (Wildman–Crippen LogP) is 0.281. The number of hydrogen-bond acceptors (Lipinski definition) is 1. The fourth-order valence-electron chi connectivity index (χ4n) is 0.942. The Morgan fingerprint density at radius 3 is 2.60 bits per heavy atom. The van der Waals surface area contributed by atoms with Gasteiger partial charge in [0.1, 0.15) is 5.82 Å². The molecule has 0 amide bonds. The molecule has 2 nitrogen and oxygen atoms in total. The highest BCUT2D eigenvalue weighted by atomic mass is 15.0. The topological polar surface area (TPSA) is 17.8 Å². The van der Waals surface area contributed by atoms with Crippen LogP contribution in [0.25, 0.3) is 0 Å². The first-order valence-corrected chi connectivity index (χ1v) is 3.38. The Bertz CT molecular complexity index is 165. The SMILES string of the molecule is B.CCc1nccn1CC. The van der Waals surface area contributed by atoms with Crippen molar-refractivity contribution in [1.29, 1.82) is 0 Å².